The van der Waals surface area contributed by atoms with Crippen molar-refractivity contribution in [2.45, 2.75) is 12.8 Å². The second-order valence-electron chi connectivity index (χ2n) is 4.17. The summed E-state index contributed by atoms with van der Waals surface area (Å²) in [4.78, 5) is 16.4. The van der Waals surface area contributed by atoms with E-state index >= 15 is 0 Å². The van der Waals surface area contributed by atoms with Gasteiger partial charge in [-0.15, -0.1) is 0 Å². The van der Waals surface area contributed by atoms with E-state index in [9.17, 15) is 10.1 Å². The zero-order valence-corrected chi connectivity index (χ0v) is 11.1. The molecule has 3 nitrogen and oxygen atoms in total. The number of ketones is 1. The maximum absolute atomic E-state index is 12.4. The van der Waals surface area contributed by atoms with Crippen LogP contribution in [0.25, 0.3) is 0 Å². The summed E-state index contributed by atoms with van der Waals surface area (Å²) in [5.74, 6) is -1.07. The summed E-state index contributed by atoms with van der Waals surface area (Å²) < 4.78 is 0. The number of aryl methyl sites for hydroxylation is 1. The number of hydrogen-bond donors (Lipinski definition) is 0. The van der Waals surface area contributed by atoms with Crippen molar-refractivity contribution >= 4 is 17.4 Å². The fourth-order valence-corrected chi connectivity index (χ4v) is 2.12. The molecule has 0 aliphatic carbocycles. The Bertz CT molecular complexity index is 647. The molecule has 0 bridgehead atoms. The van der Waals surface area contributed by atoms with Gasteiger partial charge in [0, 0.05) is 23.0 Å². The molecule has 4 heteroatoms. The highest BCUT2D eigenvalue weighted by Crippen LogP contribution is 2.23. The summed E-state index contributed by atoms with van der Waals surface area (Å²) in [6, 6.07) is 10.5. The smallest absolute Gasteiger partial charge is 0.184 e. The molecule has 1 aromatic heterocycles. The molecule has 0 amide bonds. The number of Topliss-reactive ketones (excluding diaryl/α,β-unsaturated/α-hetero) is 1. The molecular formula is C15H11ClN2O. The van der Waals surface area contributed by atoms with Crippen LogP contribution in [0, 0.1) is 18.3 Å². The third-order valence-corrected chi connectivity index (χ3v) is 3.10. The summed E-state index contributed by atoms with van der Waals surface area (Å²) in [6.45, 7) is 1.80. The monoisotopic (exact) mass is 270 g/mol. The van der Waals surface area contributed by atoms with Crippen molar-refractivity contribution < 1.29 is 4.79 Å². The predicted molar refractivity (Wildman–Crippen MR) is 73.1 cm³/mol. The molecule has 1 unspecified atom stereocenters. The summed E-state index contributed by atoms with van der Waals surface area (Å²) in [5, 5.41) is 9.81. The third kappa shape index (κ3) is 2.81. The van der Waals surface area contributed by atoms with E-state index in [1.807, 2.05) is 6.07 Å². The zero-order valence-electron chi connectivity index (χ0n) is 10.3. The number of carbonyl (C=O) groups excluding carboxylic acids is 1. The van der Waals surface area contributed by atoms with E-state index in [4.69, 9.17) is 11.6 Å². The molecular weight excluding hydrogens is 260 g/mol. The van der Waals surface area contributed by atoms with Crippen LogP contribution in [0.4, 0.5) is 0 Å². The Kier molecular flexibility index (Phi) is 3.94. The Labute approximate surface area is 116 Å². The lowest BCUT2D eigenvalue weighted by molar-refractivity contribution is 0.0978. The largest absolute Gasteiger partial charge is 0.292 e. The minimum absolute atomic E-state index is 0.232. The first-order valence-electron chi connectivity index (χ1n) is 5.73. The van der Waals surface area contributed by atoms with Crippen molar-refractivity contribution in [2.75, 3.05) is 0 Å². The maximum atomic E-state index is 12.4. The number of carbonyl (C=O) groups is 1. The van der Waals surface area contributed by atoms with Crippen molar-refractivity contribution in [2.24, 2.45) is 0 Å². The van der Waals surface area contributed by atoms with Crippen LogP contribution in [0.2, 0.25) is 5.02 Å². The zero-order chi connectivity index (χ0) is 13.8. The van der Waals surface area contributed by atoms with Gasteiger partial charge in [-0.25, -0.2) is 0 Å². The normalized spacial score (nSPS) is 11.6. The van der Waals surface area contributed by atoms with Crippen LogP contribution < -0.4 is 0 Å². The quantitative estimate of drug-likeness (QED) is 0.802. The van der Waals surface area contributed by atoms with Crippen LogP contribution in [0.5, 0.6) is 0 Å². The number of hydrogen-bond acceptors (Lipinski definition) is 3. The van der Waals surface area contributed by atoms with E-state index in [0.29, 0.717) is 16.1 Å². The van der Waals surface area contributed by atoms with E-state index < -0.39 is 5.92 Å². The topological polar surface area (TPSA) is 53.8 Å². The minimum Gasteiger partial charge on any atom is -0.292 e. The number of aromatic nitrogens is 1. The van der Waals surface area contributed by atoms with Gasteiger partial charge >= 0.3 is 0 Å². The molecule has 0 aliphatic rings. The van der Waals surface area contributed by atoms with Gasteiger partial charge in [0.2, 0.25) is 0 Å². The number of pyridine rings is 1. The predicted octanol–water partition coefficient (Wildman–Crippen LogP) is 3.53. The molecule has 0 fully saturated rings. The number of nitrogens with zero attached hydrogens (tertiary/aromatic N) is 2. The van der Waals surface area contributed by atoms with Gasteiger partial charge in [-0.1, -0.05) is 17.7 Å². The average molecular weight is 271 g/mol. The standard InChI is InChI=1S/C15H11ClN2O/c1-10-7-12(16)4-5-13(10)15(19)14(8-17)11-3-2-6-18-9-11/h2-7,9,14H,1H3. The molecule has 1 aromatic carbocycles. The summed E-state index contributed by atoms with van der Waals surface area (Å²) in [6.07, 6.45) is 3.15. The lowest BCUT2D eigenvalue weighted by Crippen LogP contribution is -2.12. The van der Waals surface area contributed by atoms with Crippen molar-refractivity contribution in [1.29, 1.82) is 5.26 Å². The Morgan fingerprint density at radius 2 is 2.21 bits per heavy atom. The fourth-order valence-electron chi connectivity index (χ4n) is 1.89. The van der Waals surface area contributed by atoms with Gasteiger partial charge in [0.05, 0.1) is 6.07 Å². The Hall–Kier alpha value is -2.18. The highest BCUT2D eigenvalue weighted by atomic mass is 35.5. The number of halogens is 1. The van der Waals surface area contributed by atoms with Gasteiger partial charge in [0.25, 0.3) is 0 Å². The van der Waals surface area contributed by atoms with E-state index in [-0.39, 0.29) is 5.78 Å². The van der Waals surface area contributed by atoms with Crippen LogP contribution >= 0.6 is 11.6 Å². The van der Waals surface area contributed by atoms with Crippen LogP contribution in [0.1, 0.15) is 27.4 Å². The first-order chi connectivity index (χ1) is 9.13. The van der Waals surface area contributed by atoms with Crippen molar-refractivity contribution in [3.05, 3.63) is 64.4 Å². The summed E-state index contributed by atoms with van der Waals surface area (Å²) in [7, 11) is 0. The Balaban J connectivity index is 2.40. The highest BCUT2D eigenvalue weighted by Gasteiger charge is 2.23. The van der Waals surface area contributed by atoms with Crippen molar-refractivity contribution in [1.82, 2.24) is 4.98 Å². The Morgan fingerprint density at radius 3 is 2.79 bits per heavy atom. The first kappa shape index (κ1) is 13.3. The molecule has 94 valence electrons. The molecule has 19 heavy (non-hydrogen) atoms. The van der Waals surface area contributed by atoms with Crippen LogP contribution in [0.15, 0.2) is 42.7 Å². The van der Waals surface area contributed by atoms with Crippen LogP contribution in [0.3, 0.4) is 0 Å². The maximum Gasteiger partial charge on any atom is 0.184 e. The fraction of sp³-hybridized carbons (Fsp3) is 0.133. The highest BCUT2D eigenvalue weighted by molar-refractivity contribution is 6.30. The lowest BCUT2D eigenvalue weighted by atomic mass is 9.91. The van der Waals surface area contributed by atoms with Crippen molar-refractivity contribution in [3.63, 3.8) is 0 Å². The molecule has 0 N–H and O–H groups in total. The summed E-state index contributed by atoms with van der Waals surface area (Å²) in [5.41, 5.74) is 1.88. The minimum atomic E-state index is -0.839. The molecule has 0 radical (unpaired) electrons. The van der Waals surface area contributed by atoms with Gasteiger partial charge in [-0.2, -0.15) is 5.26 Å². The van der Waals surface area contributed by atoms with Gasteiger partial charge in [0.15, 0.2) is 5.78 Å². The third-order valence-electron chi connectivity index (χ3n) is 2.86. The molecule has 0 saturated carbocycles. The van der Waals surface area contributed by atoms with Gasteiger partial charge in [-0.05, 0) is 42.3 Å². The van der Waals surface area contributed by atoms with Gasteiger partial charge in [0.1, 0.15) is 5.92 Å². The lowest BCUT2D eigenvalue weighted by Gasteiger charge is -2.10. The molecule has 1 heterocycles. The van der Waals surface area contributed by atoms with E-state index in [1.165, 1.54) is 6.20 Å². The molecule has 2 rings (SSSR count). The van der Waals surface area contributed by atoms with Crippen molar-refractivity contribution in [3.8, 4) is 6.07 Å². The summed E-state index contributed by atoms with van der Waals surface area (Å²) >= 11 is 5.87. The molecule has 0 saturated heterocycles. The molecule has 2 aromatic rings. The Morgan fingerprint density at radius 1 is 1.42 bits per heavy atom. The van der Waals surface area contributed by atoms with E-state index in [2.05, 4.69) is 4.98 Å². The van der Waals surface area contributed by atoms with Gasteiger partial charge in [-0.3, -0.25) is 9.78 Å². The van der Waals surface area contributed by atoms with E-state index in [1.54, 1.807) is 43.5 Å². The first-order valence-corrected chi connectivity index (χ1v) is 6.11. The number of nitriles is 1. The van der Waals surface area contributed by atoms with Gasteiger partial charge < -0.3 is 0 Å². The van der Waals surface area contributed by atoms with E-state index in [0.717, 1.165) is 5.56 Å². The molecule has 0 aliphatic heterocycles. The average Bonchev–Trinajstić information content (AvgIpc) is 2.40. The number of benzene rings is 1. The second kappa shape index (κ2) is 5.64. The molecule has 0 spiro atoms. The van der Waals surface area contributed by atoms with Crippen LogP contribution in [-0.2, 0) is 0 Å². The van der Waals surface area contributed by atoms with Crippen LogP contribution in [-0.4, -0.2) is 10.8 Å². The molecule has 1 atom stereocenters. The SMILES string of the molecule is Cc1cc(Cl)ccc1C(=O)C(C#N)c1cccnc1. The second-order valence-corrected chi connectivity index (χ2v) is 4.61. The number of rotatable bonds is 3.